The lowest BCUT2D eigenvalue weighted by atomic mass is 10.1. The van der Waals surface area contributed by atoms with Gasteiger partial charge in [-0.25, -0.2) is 0 Å². The monoisotopic (exact) mass is 461 g/mol. The molecular formula is C27H35N5O2. The number of allylic oxidation sites excluding steroid dienone is 2. The van der Waals surface area contributed by atoms with E-state index in [4.69, 9.17) is 9.47 Å². The molecule has 0 saturated carbocycles. The molecule has 0 bridgehead atoms. The first-order valence-electron chi connectivity index (χ1n) is 11.4. The largest absolute Gasteiger partial charge is 0.497 e. The van der Waals surface area contributed by atoms with Crippen molar-refractivity contribution in [3.05, 3.63) is 65.2 Å². The van der Waals surface area contributed by atoms with Crippen molar-refractivity contribution < 1.29 is 9.47 Å². The molecule has 180 valence electrons. The van der Waals surface area contributed by atoms with E-state index in [-0.39, 0.29) is 0 Å². The maximum Gasteiger partial charge on any atom is 0.124 e. The van der Waals surface area contributed by atoms with Crippen molar-refractivity contribution in [3.8, 4) is 22.6 Å². The number of aromatic nitrogens is 3. The number of rotatable bonds is 10. The maximum atomic E-state index is 5.49. The van der Waals surface area contributed by atoms with E-state index in [0.717, 1.165) is 57.7 Å². The lowest BCUT2D eigenvalue weighted by molar-refractivity contribution is 0.394. The molecule has 2 heterocycles. The molecule has 0 aliphatic rings. The second kappa shape index (κ2) is 11.5. The molecule has 0 spiro atoms. The lowest BCUT2D eigenvalue weighted by Crippen LogP contribution is -2.34. The summed E-state index contributed by atoms with van der Waals surface area (Å²) in [5.41, 5.74) is 4.09. The van der Waals surface area contributed by atoms with Crippen LogP contribution in [0.1, 0.15) is 20.8 Å². The van der Waals surface area contributed by atoms with Gasteiger partial charge in [-0.2, -0.15) is 5.10 Å². The van der Waals surface area contributed by atoms with E-state index in [2.05, 4.69) is 53.7 Å². The van der Waals surface area contributed by atoms with Crippen LogP contribution in [-0.2, 0) is 7.05 Å². The number of hydrogen-bond acceptors (Lipinski definition) is 6. The van der Waals surface area contributed by atoms with Crippen molar-refractivity contribution in [3.63, 3.8) is 0 Å². The highest BCUT2D eigenvalue weighted by Gasteiger charge is 2.12. The number of hydrogen-bond donors (Lipinski definition) is 1. The van der Waals surface area contributed by atoms with Crippen LogP contribution in [0.25, 0.3) is 23.8 Å². The van der Waals surface area contributed by atoms with Crippen LogP contribution in [-0.4, -0.2) is 48.1 Å². The maximum absolute atomic E-state index is 5.49. The van der Waals surface area contributed by atoms with Crippen molar-refractivity contribution in [1.29, 1.82) is 0 Å². The Kier molecular flexibility index (Phi) is 8.49. The van der Waals surface area contributed by atoms with Crippen molar-refractivity contribution in [1.82, 2.24) is 20.1 Å². The number of nitrogens with one attached hydrogen (secondary N) is 1. The van der Waals surface area contributed by atoms with E-state index in [9.17, 15) is 0 Å². The minimum atomic E-state index is 0.411. The first-order valence-corrected chi connectivity index (χ1v) is 11.4. The van der Waals surface area contributed by atoms with Gasteiger partial charge in [-0.15, -0.1) is 0 Å². The van der Waals surface area contributed by atoms with Crippen LogP contribution in [0.5, 0.6) is 11.5 Å². The molecule has 0 saturated heterocycles. The Labute approximate surface area is 202 Å². The number of methoxy groups -OCH3 is 2. The Bertz CT molecular complexity index is 1220. The Morgan fingerprint density at radius 2 is 1.82 bits per heavy atom. The molecule has 1 N–H and O–H groups in total. The van der Waals surface area contributed by atoms with Gasteiger partial charge in [0, 0.05) is 79.3 Å². The van der Waals surface area contributed by atoms with Gasteiger partial charge >= 0.3 is 0 Å². The highest BCUT2D eigenvalue weighted by Crippen LogP contribution is 2.30. The number of pyridine rings is 1. The topological polar surface area (TPSA) is 64.4 Å². The molecule has 0 atom stereocenters. The molecule has 7 nitrogen and oxygen atoms in total. The van der Waals surface area contributed by atoms with Crippen molar-refractivity contribution in [2.75, 3.05) is 32.2 Å². The van der Waals surface area contributed by atoms with Crippen LogP contribution in [0.4, 0.5) is 5.69 Å². The SMILES string of the molecule is C=c1cc(-c2cnn(C)c2)cn/c1=C/C=C(\C)N(CCNC(C)C)c1cc(OC)cc(OC)c1. The number of anilines is 1. The summed E-state index contributed by atoms with van der Waals surface area (Å²) >= 11 is 0. The molecule has 0 unspecified atom stereocenters. The summed E-state index contributed by atoms with van der Waals surface area (Å²) in [5, 5.41) is 9.42. The van der Waals surface area contributed by atoms with Crippen LogP contribution in [0.15, 0.2) is 54.6 Å². The minimum absolute atomic E-state index is 0.411. The first kappa shape index (κ1) is 25.1. The zero-order valence-electron chi connectivity index (χ0n) is 21.0. The van der Waals surface area contributed by atoms with E-state index in [1.54, 1.807) is 18.9 Å². The molecule has 34 heavy (non-hydrogen) atoms. The van der Waals surface area contributed by atoms with E-state index < -0.39 is 0 Å². The van der Waals surface area contributed by atoms with Crippen molar-refractivity contribution >= 4 is 18.3 Å². The molecule has 0 amide bonds. The fraction of sp³-hybridized carbons (Fsp3) is 0.333. The van der Waals surface area contributed by atoms with Crippen molar-refractivity contribution in [2.24, 2.45) is 7.05 Å². The van der Waals surface area contributed by atoms with Crippen LogP contribution >= 0.6 is 0 Å². The highest BCUT2D eigenvalue weighted by molar-refractivity contribution is 5.62. The van der Waals surface area contributed by atoms with Crippen LogP contribution in [0.3, 0.4) is 0 Å². The van der Waals surface area contributed by atoms with Gasteiger partial charge in [0.15, 0.2) is 0 Å². The molecule has 0 radical (unpaired) electrons. The van der Waals surface area contributed by atoms with Crippen LogP contribution in [0, 0.1) is 0 Å². The van der Waals surface area contributed by atoms with Gasteiger partial charge in [-0.1, -0.05) is 20.4 Å². The predicted molar refractivity (Wildman–Crippen MR) is 139 cm³/mol. The second-order valence-electron chi connectivity index (χ2n) is 8.48. The van der Waals surface area contributed by atoms with E-state index in [0.29, 0.717) is 6.04 Å². The van der Waals surface area contributed by atoms with Gasteiger partial charge in [0.25, 0.3) is 0 Å². The molecule has 1 aromatic carbocycles. The molecule has 0 aliphatic carbocycles. The van der Waals surface area contributed by atoms with Crippen LogP contribution < -0.4 is 30.3 Å². The second-order valence-corrected chi connectivity index (χ2v) is 8.48. The van der Waals surface area contributed by atoms with Gasteiger partial charge < -0.3 is 19.7 Å². The van der Waals surface area contributed by atoms with E-state index >= 15 is 0 Å². The predicted octanol–water partition coefficient (Wildman–Crippen LogP) is 3.10. The minimum Gasteiger partial charge on any atom is -0.497 e. The molecule has 0 fully saturated rings. The summed E-state index contributed by atoms with van der Waals surface area (Å²) in [6, 6.07) is 8.36. The number of aryl methyl sites for hydroxylation is 1. The third kappa shape index (κ3) is 6.48. The normalized spacial score (nSPS) is 12.3. The summed E-state index contributed by atoms with van der Waals surface area (Å²) in [4.78, 5) is 6.88. The van der Waals surface area contributed by atoms with E-state index in [1.165, 1.54) is 0 Å². The Balaban J connectivity index is 1.94. The summed E-state index contributed by atoms with van der Waals surface area (Å²) in [5.74, 6) is 1.50. The first-order chi connectivity index (χ1) is 16.3. The fourth-order valence-corrected chi connectivity index (χ4v) is 3.61. The van der Waals surface area contributed by atoms with Crippen molar-refractivity contribution in [2.45, 2.75) is 26.8 Å². The van der Waals surface area contributed by atoms with Gasteiger partial charge in [-0.3, -0.25) is 9.67 Å². The highest BCUT2D eigenvalue weighted by atomic mass is 16.5. The quantitative estimate of drug-likeness (QED) is 0.501. The Morgan fingerprint density at radius 3 is 2.38 bits per heavy atom. The van der Waals surface area contributed by atoms with Gasteiger partial charge in [0.05, 0.1) is 25.8 Å². The summed E-state index contributed by atoms with van der Waals surface area (Å²) in [6.07, 6.45) is 9.73. The standard InChI is InChI=1S/C27H35N5O2/c1-19(2)28-10-11-32(24-13-25(33-6)15-26(14-24)34-7)21(4)8-9-27-20(3)12-22(16-29-27)23-17-30-31(5)18-23/h8-9,12-19,28H,3,10-11H2,1-2,4-7H3/b21-8+,27-9+. The number of benzene rings is 1. The molecule has 3 aromatic rings. The van der Waals surface area contributed by atoms with Gasteiger partial charge in [0.1, 0.15) is 11.5 Å². The molecule has 0 aliphatic heterocycles. The van der Waals surface area contributed by atoms with Gasteiger partial charge in [0.2, 0.25) is 0 Å². The average Bonchev–Trinajstić information content (AvgIpc) is 3.26. The number of nitrogens with zero attached hydrogens (tertiary/aromatic N) is 4. The van der Waals surface area contributed by atoms with Gasteiger partial charge in [-0.05, 0) is 30.4 Å². The Morgan fingerprint density at radius 1 is 1.12 bits per heavy atom. The number of ether oxygens (including phenoxy) is 2. The molecule has 3 rings (SSSR count). The molecular weight excluding hydrogens is 426 g/mol. The summed E-state index contributed by atoms with van der Waals surface area (Å²) in [6.45, 7) is 12.2. The van der Waals surface area contributed by atoms with E-state index in [1.807, 2.05) is 56.0 Å². The smallest absolute Gasteiger partial charge is 0.124 e. The molecule has 7 heteroatoms. The summed E-state index contributed by atoms with van der Waals surface area (Å²) < 4.78 is 12.8. The fourth-order valence-electron chi connectivity index (χ4n) is 3.61. The third-order valence-corrected chi connectivity index (χ3v) is 5.48. The average molecular weight is 462 g/mol. The van der Waals surface area contributed by atoms with Crippen LogP contribution in [0.2, 0.25) is 0 Å². The lowest BCUT2D eigenvalue weighted by Gasteiger charge is -2.27. The Hall–Kier alpha value is -3.58. The zero-order chi connectivity index (χ0) is 24.7. The third-order valence-electron chi connectivity index (χ3n) is 5.48. The molecule has 2 aromatic heterocycles. The zero-order valence-corrected chi connectivity index (χ0v) is 21.0. The summed E-state index contributed by atoms with van der Waals surface area (Å²) in [7, 11) is 5.23.